The first-order valence-corrected chi connectivity index (χ1v) is 8.39. The number of anilines is 1. The van der Waals surface area contributed by atoms with Crippen LogP contribution in [0.4, 0.5) is 5.69 Å². The molecular weight excluding hydrogens is 316 g/mol. The molecule has 3 nitrogen and oxygen atoms in total. The van der Waals surface area contributed by atoms with Gasteiger partial charge in [0, 0.05) is 29.9 Å². The average molecular weight is 341 g/mol. The van der Waals surface area contributed by atoms with Crippen LogP contribution in [0.3, 0.4) is 0 Å². The molecule has 2 N–H and O–H groups in total. The van der Waals surface area contributed by atoms with E-state index in [1.165, 1.54) is 24.1 Å². The highest BCUT2D eigenvalue weighted by atomic mass is 79.9. The number of ether oxygens (including phenoxy) is 1. The molecule has 4 heteroatoms. The van der Waals surface area contributed by atoms with Crippen LogP contribution in [0.15, 0.2) is 22.7 Å². The second-order valence-corrected chi connectivity index (χ2v) is 6.31. The van der Waals surface area contributed by atoms with Crippen LogP contribution in [-0.4, -0.2) is 32.3 Å². The highest BCUT2D eigenvalue weighted by Gasteiger charge is 2.22. The second-order valence-electron chi connectivity index (χ2n) is 5.39. The van der Waals surface area contributed by atoms with Gasteiger partial charge in [0.15, 0.2) is 0 Å². The van der Waals surface area contributed by atoms with Gasteiger partial charge in [0.05, 0.1) is 6.10 Å². The van der Waals surface area contributed by atoms with Crippen molar-refractivity contribution in [3.05, 3.63) is 28.2 Å². The molecular formula is C16H25BrN2O. The van der Waals surface area contributed by atoms with E-state index in [4.69, 9.17) is 10.5 Å². The van der Waals surface area contributed by atoms with Crippen LogP contribution in [0.5, 0.6) is 0 Å². The van der Waals surface area contributed by atoms with E-state index in [-0.39, 0.29) is 0 Å². The quantitative estimate of drug-likeness (QED) is 0.862. The number of halogens is 1. The van der Waals surface area contributed by atoms with Gasteiger partial charge in [-0.15, -0.1) is 0 Å². The fourth-order valence-electron chi connectivity index (χ4n) is 2.80. The van der Waals surface area contributed by atoms with Gasteiger partial charge in [-0.2, -0.15) is 0 Å². The summed E-state index contributed by atoms with van der Waals surface area (Å²) in [4.78, 5) is 2.46. The highest BCUT2D eigenvalue weighted by Crippen LogP contribution is 2.28. The van der Waals surface area contributed by atoms with Gasteiger partial charge in [-0.05, 0) is 56.0 Å². The third-order valence-electron chi connectivity index (χ3n) is 3.73. The molecule has 1 aromatic rings. The molecule has 1 saturated heterocycles. The molecule has 0 saturated carbocycles. The Morgan fingerprint density at radius 2 is 2.30 bits per heavy atom. The fourth-order valence-corrected chi connectivity index (χ4v) is 3.20. The van der Waals surface area contributed by atoms with Crippen molar-refractivity contribution in [3.8, 4) is 0 Å². The molecule has 1 unspecified atom stereocenters. The van der Waals surface area contributed by atoms with Crippen molar-refractivity contribution in [3.63, 3.8) is 0 Å². The third-order valence-corrected chi connectivity index (χ3v) is 4.22. The fraction of sp³-hybridized carbons (Fsp3) is 0.625. The lowest BCUT2D eigenvalue weighted by molar-refractivity contribution is 0.0440. The van der Waals surface area contributed by atoms with Crippen molar-refractivity contribution >= 4 is 21.6 Å². The van der Waals surface area contributed by atoms with Gasteiger partial charge in [-0.1, -0.05) is 22.9 Å². The Hall–Kier alpha value is -0.580. The van der Waals surface area contributed by atoms with E-state index in [2.05, 4.69) is 46.0 Å². The van der Waals surface area contributed by atoms with E-state index in [1.807, 2.05) is 0 Å². The molecule has 20 heavy (non-hydrogen) atoms. The van der Waals surface area contributed by atoms with Crippen LogP contribution in [0.2, 0.25) is 0 Å². The summed E-state index contributed by atoms with van der Waals surface area (Å²) < 4.78 is 7.06. The van der Waals surface area contributed by atoms with Crippen molar-refractivity contribution in [2.75, 3.05) is 31.1 Å². The minimum Gasteiger partial charge on any atom is -0.376 e. The number of nitrogens with zero attached hydrogens (tertiary/aromatic N) is 1. The minimum absolute atomic E-state index is 0.373. The SMILES string of the molecule is CCCOC1CCCN(c2ccc(Br)cc2CCN)C1. The Labute approximate surface area is 130 Å². The molecule has 1 aromatic carbocycles. The Balaban J connectivity index is 2.09. The van der Waals surface area contributed by atoms with Gasteiger partial charge in [-0.3, -0.25) is 0 Å². The van der Waals surface area contributed by atoms with Gasteiger partial charge in [-0.25, -0.2) is 0 Å². The van der Waals surface area contributed by atoms with E-state index in [1.54, 1.807) is 0 Å². The minimum atomic E-state index is 0.373. The Morgan fingerprint density at radius 3 is 3.05 bits per heavy atom. The van der Waals surface area contributed by atoms with E-state index >= 15 is 0 Å². The molecule has 1 aliphatic rings. The lowest BCUT2D eigenvalue weighted by Gasteiger charge is -2.35. The topological polar surface area (TPSA) is 38.5 Å². The van der Waals surface area contributed by atoms with Crippen molar-refractivity contribution < 1.29 is 4.74 Å². The van der Waals surface area contributed by atoms with Crippen LogP contribution in [-0.2, 0) is 11.2 Å². The molecule has 1 heterocycles. The molecule has 112 valence electrons. The van der Waals surface area contributed by atoms with E-state index in [9.17, 15) is 0 Å². The predicted molar refractivity (Wildman–Crippen MR) is 88.4 cm³/mol. The summed E-state index contributed by atoms with van der Waals surface area (Å²) >= 11 is 3.55. The zero-order chi connectivity index (χ0) is 14.4. The molecule has 0 aliphatic carbocycles. The van der Waals surface area contributed by atoms with Crippen LogP contribution < -0.4 is 10.6 Å². The van der Waals surface area contributed by atoms with Gasteiger partial charge in [0.25, 0.3) is 0 Å². The standard InChI is InChI=1S/C16H25BrN2O/c1-2-10-20-15-4-3-9-19(12-15)16-6-5-14(17)11-13(16)7-8-18/h5-6,11,15H,2-4,7-10,12,18H2,1H3. The monoisotopic (exact) mass is 340 g/mol. The summed E-state index contributed by atoms with van der Waals surface area (Å²) in [6.07, 6.45) is 4.77. The number of hydrogen-bond acceptors (Lipinski definition) is 3. The number of benzene rings is 1. The van der Waals surface area contributed by atoms with E-state index < -0.39 is 0 Å². The molecule has 0 radical (unpaired) electrons. The van der Waals surface area contributed by atoms with Gasteiger partial charge >= 0.3 is 0 Å². The number of nitrogens with two attached hydrogens (primary N) is 1. The van der Waals surface area contributed by atoms with E-state index in [0.717, 1.165) is 37.0 Å². The zero-order valence-electron chi connectivity index (χ0n) is 12.3. The van der Waals surface area contributed by atoms with Crippen LogP contribution in [0.25, 0.3) is 0 Å². The first-order chi connectivity index (χ1) is 9.74. The zero-order valence-corrected chi connectivity index (χ0v) is 13.9. The number of rotatable bonds is 6. The lowest BCUT2D eigenvalue weighted by Crippen LogP contribution is -2.40. The molecule has 1 aliphatic heterocycles. The summed E-state index contributed by atoms with van der Waals surface area (Å²) in [5.41, 5.74) is 8.40. The smallest absolute Gasteiger partial charge is 0.0750 e. The molecule has 1 fully saturated rings. The van der Waals surface area contributed by atoms with Gasteiger partial charge < -0.3 is 15.4 Å². The largest absolute Gasteiger partial charge is 0.376 e. The van der Waals surface area contributed by atoms with Gasteiger partial charge in [0.1, 0.15) is 0 Å². The lowest BCUT2D eigenvalue weighted by atomic mass is 10.0. The summed E-state index contributed by atoms with van der Waals surface area (Å²) in [7, 11) is 0. The maximum absolute atomic E-state index is 5.93. The molecule has 0 bridgehead atoms. The summed E-state index contributed by atoms with van der Waals surface area (Å²) in [6, 6.07) is 6.52. The molecule has 1 atom stereocenters. The first kappa shape index (κ1) is 15.8. The molecule has 0 spiro atoms. The van der Waals surface area contributed by atoms with Crippen molar-refractivity contribution in [1.29, 1.82) is 0 Å². The Kier molecular flexibility index (Phi) is 6.33. The van der Waals surface area contributed by atoms with Crippen LogP contribution >= 0.6 is 15.9 Å². The number of hydrogen-bond donors (Lipinski definition) is 1. The molecule has 0 aromatic heterocycles. The summed E-state index contributed by atoms with van der Waals surface area (Å²) in [6.45, 7) is 5.83. The molecule has 2 rings (SSSR count). The first-order valence-electron chi connectivity index (χ1n) is 7.59. The van der Waals surface area contributed by atoms with Gasteiger partial charge in [0.2, 0.25) is 0 Å². The Morgan fingerprint density at radius 1 is 1.45 bits per heavy atom. The average Bonchev–Trinajstić information content (AvgIpc) is 2.46. The maximum Gasteiger partial charge on any atom is 0.0750 e. The van der Waals surface area contributed by atoms with Crippen molar-refractivity contribution in [2.45, 2.75) is 38.7 Å². The Bertz CT molecular complexity index is 425. The predicted octanol–water partition coefficient (Wildman–Crippen LogP) is 3.35. The second kappa shape index (κ2) is 8.01. The van der Waals surface area contributed by atoms with Crippen LogP contribution in [0.1, 0.15) is 31.7 Å². The summed E-state index contributed by atoms with van der Waals surface area (Å²) in [5.74, 6) is 0. The summed E-state index contributed by atoms with van der Waals surface area (Å²) in [5, 5.41) is 0. The third kappa shape index (κ3) is 4.21. The normalized spacial score (nSPS) is 19.4. The van der Waals surface area contributed by atoms with Crippen LogP contribution in [0, 0.1) is 0 Å². The van der Waals surface area contributed by atoms with Crippen molar-refractivity contribution in [2.24, 2.45) is 5.73 Å². The van der Waals surface area contributed by atoms with Crippen molar-refractivity contribution in [1.82, 2.24) is 0 Å². The molecule has 0 amide bonds. The maximum atomic E-state index is 5.93. The highest BCUT2D eigenvalue weighted by molar-refractivity contribution is 9.10. The number of piperidine rings is 1. The van der Waals surface area contributed by atoms with E-state index in [0.29, 0.717) is 12.6 Å².